The lowest BCUT2D eigenvalue weighted by Gasteiger charge is -2.36. The van der Waals surface area contributed by atoms with Crippen molar-refractivity contribution in [3.05, 3.63) is 23.0 Å². The Labute approximate surface area is 123 Å². The maximum absolute atomic E-state index is 6.41. The van der Waals surface area contributed by atoms with E-state index < -0.39 is 0 Å². The molecule has 2 atom stereocenters. The Balaban J connectivity index is 2.49. The number of aromatic nitrogens is 1. The maximum Gasteiger partial charge on any atom is 0.0672 e. The van der Waals surface area contributed by atoms with Crippen LogP contribution >= 0.6 is 0 Å². The maximum atomic E-state index is 6.41. The number of hydrogen-bond donors (Lipinski definition) is 1. The summed E-state index contributed by atoms with van der Waals surface area (Å²) >= 11 is 0. The van der Waals surface area contributed by atoms with Gasteiger partial charge in [-0.05, 0) is 42.7 Å². The van der Waals surface area contributed by atoms with Gasteiger partial charge in [0.2, 0.25) is 0 Å². The van der Waals surface area contributed by atoms with E-state index in [0.29, 0.717) is 12.0 Å². The summed E-state index contributed by atoms with van der Waals surface area (Å²) in [6.07, 6.45) is 2.18. The lowest BCUT2D eigenvalue weighted by atomic mass is 9.74. The smallest absolute Gasteiger partial charge is 0.0672 e. The molecular formula is C17H30N2O. The summed E-state index contributed by atoms with van der Waals surface area (Å²) in [4.78, 5) is 0. The summed E-state index contributed by atoms with van der Waals surface area (Å²) in [5.41, 5.74) is 10.8. The van der Waals surface area contributed by atoms with Crippen LogP contribution in [0.3, 0.4) is 0 Å². The van der Waals surface area contributed by atoms with Gasteiger partial charge in [-0.25, -0.2) is 0 Å². The fraction of sp³-hybridized carbons (Fsp3) is 0.765. The number of nitrogens with zero attached hydrogens (tertiary/aromatic N) is 1. The van der Waals surface area contributed by atoms with Gasteiger partial charge in [0.1, 0.15) is 0 Å². The minimum atomic E-state index is 0.170. The Morgan fingerprint density at radius 1 is 1.45 bits per heavy atom. The zero-order chi connectivity index (χ0) is 15.1. The van der Waals surface area contributed by atoms with Gasteiger partial charge in [-0.15, -0.1) is 0 Å². The zero-order valence-electron chi connectivity index (χ0n) is 13.9. The number of methoxy groups -OCH3 is 1. The van der Waals surface area contributed by atoms with Crippen LogP contribution in [0.2, 0.25) is 0 Å². The van der Waals surface area contributed by atoms with Crippen molar-refractivity contribution in [2.45, 2.75) is 59.5 Å². The molecule has 2 rings (SSSR count). The Kier molecular flexibility index (Phi) is 4.31. The predicted octanol–water partition coefficient (Wildman–Crippen LogP) is 3.61. The van der Waals surface area contributed by atoms with Crippen molar-refractivity contribution in [1.82, 2.24) is 4.57 Å². The van der Waals surface area contributed by atoms with Crippen molar-refractivity contribution in [3.8, 4) is 0 Å². The van der Waals surface area contributed by atoms with E-state index in [1.165, 1.54) is 17.0 Å². The first-order valence-electron chi connectivity index (χ1n) is 7.72. The highest BCUT2D eigenvalue weighted by atomic mass is 16.5. The molecule has 0 spiro atoms. The van der Waals surface area contributed by atoms with E-state index in [4.69, 9.17) is 10.5 Å². The van der Waals surface area contributed by atoms with E-state index in [9.17, 15) is 0 Å². The number of nitrogens with two attached hydrogens (primary N) is 1. The van der Waals surface area contributed by atoms with Crippen LogP contribution in [0.5, 0.6) is 0 Å². The quantitative estimate of drug-likeness (QED) is 0.914. The topological polar surface area (TPSA) is 40.2 Å². The SMILES string of the molecule is COCC(C(C)C)n1c(C)cc2c1CC(C)(C)CC2N. The van der Waals surface area contributed by atoms with Gasteiger partial charge in [0.15, 0.2) is 0 Å². The molecule has 2 unspecified atom stereocenters. The van der Waals surface area contributed by atoms with Crippen molar-refractivity contribution < 1.29 is 4.74 Å². The Morgan fingerprint density at radius 2 is 2.10 bits per heavy atom. The second-order valence-corrected chi connectivity index (χ2v) is 7.48. The van der Waals surface area contributed by atoms with Crippen molar-refractivity contribution in [3.63, 3.8) is 0 Å². The van der Waals surface area contributed by atoms with E-state index in [2.05, 4.69) is 45.3 Å². The van der Waals surface area contributed by atoms with Gasteiger partial charge in [-0.1, -0.05) is 27.7 Å². The van der Waals surface area contributed by atoms with Crippen LogP contribution in [-0.4, -0.2) is 18.3 Å². The standard InChI is InChI=1S/C17H30N2O/c1-11(2)16(10-20-6)19-12(3)7-13-14(18)8-17(4,5)9-15(13)19/h7,11,14,16H,8-10,18H2,1-6H3. The Morgan fingerprint density at radius 3 is 2.65 bits per heavy atom. The van der Waals surface area contributed by atoms with Gasteiger partial charge < -0.3 is 15.0 Å². The highest BCUT2D eigenvalue weighted by molar-refractivity contribution is 5.34. The number of fused-ring (bicyclic) bond motifs is 1. The van der Waals surface area contributed by atoms with Crippen LogP contribution in [0.1, 0.15) is 63.2 Å². The monoisotopic (exact) mass is 278 g/mol. The molecule has 0 saturated heterocycles. The van der Waals surface area contributed by atoms with Gasteiger partial charge >= 0.3 is 0 Å². The molecule has 0 saturated carbocycles. The molecule has 3 nitrogen and oxygen atoms in total. The summed E-state index contributed by atoms with van der Waals surface area (Å²) in [5.74, 6) is 0.548. The molecule has 2 N–H and O–H groups in total. The average molecular weight is 278 g/mol. The van der Waals surface area contributed by atoms with Crippen LogP contribution in [0.15, 0.2) is 6.07 Å². The highest BCUT2D eigenvalue weighted by Crippen LogP contribution is 2.42. The molecule has 0 amide bonds. The molecule has 1 heterocycles. The number of aryl methyl sites for hydroxylation is 1. The second kappa shape index (κ2) is 5.53. The molecule has 1 aromatic heterocycles. The summed E-state index contributed by atoms with van der Waals surface area (Å²) in [5, 5.41) is 0. The van der Waals surface area contributed by atoms with E-state index >= 15 is 0 Å². The van der Waals surface area contributed by atoms with Gasteiger partial charge in [-0.3, -0.25) is 0 Å². The average Bonchev–Trinajstić information content (AvgIpc) is 2.61. The Bertz CT molecular complexity index is 474. The minimum Gasteiger partial charge on any atom is -0.383 e. The van der Waals surface area contributed by atoms with Gasteiger partial charge in [-0.2, -0.15) is 0 Å². The third-order valence-electron chi connectivity index (χ3n) is 4.62. The number of rotatable bonds is 4. The third kappa shape index (κ3) is 2.79. The third-order valence-corrected chi connectivity index (χ3v) is 4.62. The molecular weight excluding hydrogens is 248 g/mol. The van der Waals surface area contributed by atoms with Gasteiger partial charge in [0.25, 0.3) is 0 Å². The summed E-state index contributed by atoms with van der Waals surface area (Å²) in [6.45, 7) is 12.1. The zero-order valence-corrected chi connectivity index (χ0v) is 13.9. The highest BCUT2D eigenvalue weighted by Gasteiger charge is 2.35. The lowest BCUT2D eigenvalue weighted by Crippen LogP contribution is -2.32. The van der Waals surface area contributed by atoms with E-state index in [0.717, 1.165) is 19.4 Å². The van der Waals surface area contributed by atoms with Crippen LogP contribution in [0.4, 0.5) is 0 Å². The molecule has 0 fully saturated rings. The van der Waals surface area contributed by atoms with Crippen molar-refractivity contribution in [2.24, 2.45) is 17.1 Å². The van der Waals surface area contributed by atoms with Crippen LogP contribution in [-0.2, 0) is 11.2 Å². The van der Waals surface area contributed by atoms with Crippen LogP contribution in [0.25, 0.3) is 0 Å². The molecule has 1 aliphatic carbocycles. The first kappa shape index (κ1) is 15.6. The Hall–Kier alpha value is -0.800. The summed E-state index contributed by atoms with van der Waals surface area (Å²) in [6, 6.07) is 2.86. The first-order chi connectivity index (χ1) is 9.26. The van der Waals surface area contributed by atoms with Gasteiger partial charge in [0.05, 0.1) is 12.6 Å². The van der Waals surface area contributed by atoms with E-state index in [-0.39, 0.29) is 11.5 Å². The van der Waals surface area contributed by atoms with Crippen LogP contribution < -0.4 is 5.73 Å². The molecule has 0 aromatic carbocycles. The normalized spacial score (nSPS) is 22.9. The largest absolute Gasteiger partial charge is 0.383 e. The van der Waals surface area contributed by atoms with Crippen LogP contribution in [0, 0.1) is 18.3 Å². The number of ether oxygens (including phenoxy) is 1. The van der Waals surface area contributed by atoms with Crippen molar-refractivity contribution >= 4 is 0 Å². The molecule has 1 aliphatic rings. The number of hydrogen-bond acceptors (Lipinski definition) is 2. The molecule has 3 heteroatoms. The molecule has 1 aromatic rings. The summed E-state index contributed by atoms with van der Waals surface area (Å²) in [7, 11) is 1.79. The van der Waals surface area contributed by atoms with Gasteiger partial charge in [0, 0.05) is 24.5 Å². The van der Waals surface area contributed by atoms with Crippen molar-refractivity contribution in [2.75, 3.05) is 13.7 Å². The van der Waals surface area contributed by atoms with E-state index in [1.54, 1.807) is 7.11 Å². The first-order valence-corrected chi connectivity index (χ1v) is 7.72. The molecule has 0 aliphatic heterocycles. The van der Waals surface area contributed by atoms with E-state index in [1.807, 2.05) is 0 Å². The lowest BCUT2D eigenvalue weighted by molar-refractivity contribution is 0.128. The molecule has 0 bridgehead atoms. The predicted molar refractivity (Wildman–Crippen MR) is 84.0 cm³/mol. The fourth-order valence-electron chi connectivity index (χ4n) is 3.67. The van der Waals surface area contributed by atoms with Crippen molar-refractivity contribution in [1.29, 1.82) is 0 Å². The molecule has 0 radical (unpaired) electrons. The minimum absolute atomic E-state index is 0.170. The fourth-order valence-corrected chi connectivity index (χ4v) is 3.67. The second-order valence-electron chi connectivity index (χ2n) is 7.48. The summed E-state index contributed by atoms with van der Waals surface area (Å²) < 4.78 is 7.95. The molecule has 20 heavy (non-hydrogen) atoms. The molecule has 114 valence electrons.